The number of rotatable bonds is 3. The first-order valence-electron chi connectivity index (χ1n) is 8.19. The highest BCUT2D eigenvalue weighted by Gasteiger charge is 2.37. The Morgan fingerprint density at radius 2 is 1.78 bits per heavy atom. The second-order valence-corrected chi connectivity index (χ2v) is 7.87. The molecule has 0 bridgehead atoms. The number of nitrogens with one attached hydrogen (secondary N) is 1. The van der Waals surface area contributed by atoms with Crippen molar-refractivity contribution in [2.24, 2.45) is 23.2 Å². The van der Waals surface area contributed by atoms with Crippen molar-refractivity contribution in [2.45, 2.75) is 85.2 Å². The molecule has 1 nitrogen and oxygen atoms in total. The highest BCUT2D eigenvalue weighted by molar-refractivity contribution is 4.93. The molecule has 5 unspecified atom stereocenters. The van der Waals surface area contributed by atoms with Crippen LogP contribution in [0.2, 0.25) is 0 Å². The molecule has 2 rings (SSSR count). The van der Waals surface area contributed by atoms with Crippen LogP contribution < -0.4 is 5.32 Å². The van der Waals surface area contributed by atoms with Gasteiger partial charge in [-0.3, -0.25) is 0 Å². The molecule has 1 heteroatoms. The lowest BCUT2D eigenvalue weighted by atomic mass is 9.70. The molecule has 18 heavy (non-hydrogen) atoms. The van der Waals surface area contributed by atoms with Gasteiger partial charge in [-0.15, -0.1) is 0 Å². The second kappa shape index (κ2) is 5.53. The van der Waals surface area contributed by atoms with Gasteiger partial charge in [0, 0.05) is 12.1 Å². The Morgan fingerprint density at radius 1 is 1.06 bits per heavy atom. The normalized spacial score (nSPS) is 44.2. The van der Waals surface area contributed by atoms with E-state index in [1.807, 2.05) is 0 Å². The van der Waals surface area contributed by atoms with Gasteiger partial charge in [0.05, 0.1) is 0 Å². The Bertz CT molecular complexity index is 271. The Hall–Kier alpha value is -0.0400. The van der Waals surface area contributed by atoms with Gasteiger partial charge in [-0.2, -0.15) is 0 Å². The van der Waals surface area contributed by atoms with Gasteiger partial charge in [-0.25, -0.2) is 0 Å². The minimum atomic E-state index is 0.574. The van der Waals surface area contributed by atoms with Gasteiger partial charge in [0.2, 0.25) is 0 Å². The third-order valence-corrected chi connectivity index (χ3v) is 5.87. The average molecular weight is 251 g/mol. The summed E-state index contributed by atoms with van der Waals surface area (Å²) in [7, 11) is 0. The standard InChI is InChI=1S/C17H33N/c1-6-14-7-8-16(13(14)3)18-15-9-10-17(4,5)11-12(15)2/h12-16,18H,6-11H2,1-5H3. The predicted molar refractivity (Wildman–Crippen MR) is 79.7 cm³/mol. The molecule has 2 fully saturated rings. The molecule has 2 saturated carbocycles. The van der Waals surface area contributed by atoms with Gasteiger partial charge in [0.15, 0.2) is 0 Å². The van der Waals surface area contributed by atoms with E-state index in [-0.39, 0.29) is 0 Å². The van der Waals surface area contributed by atoms with Gasteiger partial charge in [0.25, 0.3) is 0 Å². The lowest BCUT2D eigenvalue weighted by molar-refractivity contribution is 0.135. The van der Waals surface area contributed by atoms with Crippen LogP contribution in [0, 0.1) is 23.2 Å². The van der Waals surface area contributed by atoms with Crippen molar-refractivity contribution in [3.63, 3.8) is 0 Å². The monoisotopic (exact) mass is 251 g/mol. The van der Waals surface area contributed by atoms with Crippen LogP contribution in [0.25, 0.3) is 0 Å². The Kier molecular flexibility index (Phi) is 4.41. The Labute approximate surface area is 114 Å². The van der Waals surface area contributed by atoms with Crippen molar-refractivity contribution in [3.05, 3.63) is 0 Å². The third kappa shape index (κ3) is 3.10. The molecule has 0 aromatic carbocycles. The summed E-state index contributed by atoms with van der Waals surface area (Å²) in [5.41, 5.74) is 0.574. The molecule has 5 atom stereocenters. The fourth-order valence-corrected chi connectivity index (χ4v) is 4.53. The molecule has 0 aliphatic heterocycles. The lowest BCUT2D eigenvalue weighted by Crippen LogP contribution is -2.47. The molecule has 2 aliphatic carbocycles. The van der Waals surface area contributed by atoms with E-state index >= 15 is 0 Å². The summed E-state index contributed by atoms with van der Waals surface area (Å²) in [5, 5.41) is 4.02. The quantitative estimate of drug-likeness (QED) is 0.772. The van der Waals surface area contributed by atoms with Crippen LogP contribution >= 0.6 is 0 Å². The summed E-state index contributed by atoms with van der Waals surface area (Å²) in [6, 6.07) is 1.57. The molecule has 0 radical (unpaired) electrons. The fourth-order valence-electron chi connectivity index (χ4n) is 4.53. The van der Waals surface area contributed by atoms with E-state index < -0.39 is 0 Å². The van der Waals surface area contributed by atoms with Crippen molar-refractivity contribution >= 4 is 0 Å². The predicted octanol–water partition coefficient (Wildman–Crippen LogP) is 4.62. The molecule has 0 aromatic heterocycles. The molecule has 106 valence electrons. The first-order chi connectivity index (χ1) is 8.43. The molecule has 1 N–H and O–H groups in total. The zero-order chi connectivity index (χ0) is 13.3. The van der Waals surface area contributed by atoms with E-state index in [2.05, 4.69) is 39.9 Å². The van der Waals surface area contributed by atoms with E-state index in [1.54, 1.807) is 0 Å². The van der Waals surface area contributed by atoms with E-state index in [1.165, 1.54) is 38.5 Å². The van der Waals surface area contributed by atoms with Crippen molar-refractivity contribution in [3.8, 4) is 0 Å². The van der Waals surface area contributed by atoms with Crippen molar-refractivity contribution in [1.82, 2.24) is 5.32 Å². The van der Waals surface area contributed by atoms with Crippen LogP contribution in [0.4, 0.5) is 0 Å². The summed E-state index contributed by atoms with van der Waals surface area (Å²) in [6.07, 6.45) is 8.39. The SMILES string of the molecule is CCC1CCC(NC2CCC(C)(C)CC2C)C1C. The van der Waals surface area contributed by atoms with Crippen molar-refractivity contribution < 1.29 is 0 Å². The van der Waals surface area contributed by atoms with Gasteiger partial charge < -0.3 is 5.32 Å². The molecule has 0 amide bonds. The topological polar surface area (TPSA) is 12.0 Å². The maximum atomic E-state index is 4.02. The maximum absolute atomic E-state index is 4.02. The number of hydrogen-bond acceptors (Lipinski definition) is 1. The van der Waals surface area contributed by atoms with Crippen LogP contribution in [-0.4, -0.2) is 12.1 Å². The lowest BCUT2D eigenvalue weighted by Gasteiger charge is -2.41. The summed E-state index contributed by atoms with van der Waals surface area (Å²) >= 11 is 0. The zero-order valence-corrected chi connectivity index (χ0v) is 13.1. The molecular weight excluding hydrogens is 218 g/mol. The van der Waals surface area contributed by atoms with Gasteiger partial charge >= 0.3 is 0 Å². The van der Waals surface area contributed by atoms with E-state index in [0.717, 1.165) is 29.8 Å². The Morgan fingerprint density at radius 3 is 2.33 bits per heavy atom. The van der Waals surface area contributed by atoms with Crippen LogP contribution in [0.15, 0.2) is 0 Å². The molecule has 0 heterocycles. The molecule has 0 spiro atoms. The third-order valence-electron chi connectivity index (χ3n) is 5.87. The molecule has 0 aromatic rings. The molecular formula is C17H33N. The van der Waals surface area contributed by atoms with Crippen LogP contribution in [0.1, 0.15) is 73.1 Å². The largest absolute Gasteiger partial charge is 0.311 e. The second-order valence-electron chi connectivity index (χ2n) is 7.87. The Balaban J connectivity index is 1.87. The summed E-state index contributed by atoms with van der Waals surface area (Å²) < 4.78 is 0. The minimum Gasteiger partial charge on any atom is -0.311 e. The van der Waals surface area contributed by atoms with E-state index in [9.17, 15) is 0 Å². The maximum Gasteiger partial charge on any atom is 0.00981 e. The van der Waals surface area contributed by atoms with Crippen molar-refractivity contribution in [1.29, 1.82) is 0 Å². The van der Waals surface area contributed by atoms with Gasteiger partial charge in [-0.1, -0.05) is 41.0 Å². The number of hydrogen-bond donors (Lipinski definition) is 1. The van der Waals surface area contributed by atoms with E-state index in [4.69, 9.17) is 0 Å². The highest BCUT2D eigenvalue weighted by Crippen LogP contribution is 2.40. The summed E-state index contributed by atoms with van der Waals surface area (Å²) in [5.74, 6) is 2.71. The summed E-state index contributed by atoms with van der Waals surface area (Å²) in [4.78, 5) is 0. The van der Waals surface area contributed by atoms with Crippen molar-refractivity contribution in [2.75, 3.05) is 0 Å². The molecule has 0 saturated heterocycles. The van der Waals surface area contributed by atoms with Gasteiger partial charge in [-0.05, 0) is 55.3 Å². The minimum absolute atomic E-state index is 0.574. The first kappa shape index (κ1) is 14.4. The average Bonchev–Trinajstić information content (AvgIpc) is 2.63. The highest BCUT2D eigenvalue weighted by atomic mass is 15.0. The van der Waals surface area contributed by atoms with Crippen LogP contribution in [0.3, 0.4) is 0 Å². The van der Waals surface area contributed by atoms with E-state index in [0.29, 0.717) is 5.41 Å². The zero-order valence-electron chi connectivity index (χ0n) is 13.1. The summed E-state index contributed by atoms with van der Waals surface area (Å²) in [6.45, 7) is 12.1. The smallest absolute Gasteiger partial charge is 0.00981 e. The first-order valence-corrected chi connectivity index (χ1v) is 8.19. The fraction of sp³-hybridized carbons (Fsp3) is 1.00. The van der Waals surface area contributed by atoms with Crippen LogP contribution in [-0.2, 0) is 0 Å². The molecule has 2 aliphatic rings. The van der Waals surface area contributed by atoms with Gasteiger partial charge in [0.1, 0.15) is 0 Å². The van der Waals surface area contributed by atoms with Crippen LogP contribution in [0.5, 0.6) is 0 Å².